The number of carbonyl (C=O) groups is 1. The van der Waals surface area contributed by atoms with E-state index in [4.69, 9.17) is 9.52 Å². The van der Waals surface area contributed by atoms with E-state index < -0.39 is 0 Å². The number of benzene rings is 1. The van der Waals surface area contributed by atoms with Gasteiger partial charge in [0.2, 0.25) is 0 Å². The molecule has 0 amide bonds. The van der Waals surface area contributed by atoms with Gasteiger partial charge in [-0.3, -0.25) is 4.79 Å². The maximum absolute atomic E-state index is 10.0. The minimum Gasteiger partial charge on any atom is -0.545 e. The third-order valence-corrected chi connectivity index (χ3v) is 3.45. The number of pyridine rings is 1. The van der Waals surface area contributed by atoms with Crippen molar-refractivity contribution >= 4 is 28.8 Å². The molecule has 0 bridgehead atoms. The molecule has 1 N–H and O–H groups in total. The van der Waals surface area contributed by atoms with Gasteiger partial charge in [-0.05, 0) is 37.3 Å². The van der Waals surface area contributed by atoms with Crippen LogP contribution in [0.5, 0.6) is 0 Å². The first-order valence-corrected chi connectivity index (χ1v) is 7.50. The van der Waals surface area contributed by atoms with Crippen LogP contribution in [0, 0.1) is 6.07 Å². The number of nitrogens with zero attached hydrogens (tertiary/aromatic N) is 1. The van der Waals surface area contributed by atoms with Gasteiger partial charge in [0.05, 0.1) is 11.3 Å². The molecule has 5 heteroatoms. The van der Waals surface area contributed by atoms with Gasteiger partial charge in [-0.15, -0.1) is 12.1 Å². The molecule has 0 unspecified atom stereocenters. The Labute approximate surface area is 159 Å². The maximum Gasteiger partial charge on any atom is 0.155 e. The van der Waals surface area contributed by atoms with Crippen molar-refractivity contribution in [3.8, 4) is 11.5 Å². The molecule has 2 aromatic heterocycles. The number of aliphatic hydroxyl groups excluding tert-OH is 1. The molecule has 4 nitrogen and oxygen atoms in total. The van der Waals surface area contributed by atoms with Crippen LogP contribution in [0.1, 0.15) is 25.0 Å². The van der Waals surface area contributed by atoms with E-state index in [1.165, 1.54) is 36.4 Å². The van der Waals surface area contributed by atoms with E-state index in [0.717, 1.165) is 11.2 Å². The van der Waals surface area contributed by atoms with Crippen molar-refractivity contribution in [1.29, 1.82) is 0 Å². The maximum atomic E-state index is 10.0. The number of hydrogen-bond donors (Lipinski definition) is 1. The van der Waals surface area contributed by atoms with Crippen LogP contribution in [0.4, 0.5) is 0 Å². The number of aliphatic hydroxyl groups is 1. The summed E-state index contributed by atoms with van der Waals surface area (Å²) in [4.78, 5) is 14.6. The van der Waals surface area contributed by atoms with E-state index in [-0.39, 0.29) is 31.6 Å². The van der Waals surface area contributed by atoms with Crippen LogP contribution in [0.25, 0.3) is 34.5 Å². The van der Waals surface area contributed by atoms with E-state index >= 15 is 0 Å². The van der Waals surface area contributed by atoms with E-state index in [1.54, 1.807) is 12.3 Å². The summed E-state index contributed by atoms with van der Waals surface area (Å²) < 4.78 is 5.34. The summed E-state index contributed by atoms with van der Waals surface area (Å²) >= 11 is 0. The molecule has 0 atom stereocenters. The third-order valence-electron chi connectivity index (χ3n) is 3.45. The second-order valence-corrected chi connectivity index (χ2v) is 5.46. The van der Waals surface area contributed by atoms with Gasteiger partial charge in [0, 0.05) is 43.0 Å². The summed E-state index contributed by atoms with van der Waals surface area (Å²) in [5, 5.41) is 9.59. The molecule has 0 spiro atoms. The van der Waals surface area contributed by atoms with E-state index in [1.807, 2.05) is 18.2 Å². The van der Waals surface area contributed by atoms with Crippen molar-refractivity contribution in [2.45, 2.75) is 13.8 Å². The molecule has 4 rings (SSSR count). The van der Waals surface area contributed by atoms with Crippen LogP contribution >= 0.6 is 0 Å². The van der Waals surface area contributed by atoms with Crippen LogP contribution in [-0.2, 0) is 24.9 Å². The summed E-state index contributed by atoms with van der Waals surface area (Å²) in [5.41, 5.74) is 4.27. The molecule has 1 aliphatic rings. The Balaban J connectivity index is 0.000000246. The normalized spacial score (nSPS) is 11.7. The van der Waals surface area contributed by atoms with Gasteiger partial charge < -0.3 is 14.5 Å². The molecule has 25 heavy (non-hydrogen) atoms. The Kier molecular flexibility index (Phi) is 6.07. The molecule has 0 saturated carbocycles. The van der Waals surface area contributed by atoms with Crippen LogP contribution < -0.4 is 0 Å². The van der Waals surface area contributed by atoms with Gasteiger partial charge in [0.15, 0.2) is 5.78 Å². The fourth-order valence-corrected chi connectivity index (χ4v) is 2.59. The predicted molar refractivity (Wildman–Crippen MR) is 94.3 cm³/mol. The van der Waals surface area contributed by atoms with E-state index in [2.05, 4.69) is 29.3 Å². The standard InChI is InChI=1S/C15H8NO.C5H8O2.Ir/c1-3-10-6-7-11-9-13(14-5-2-8-17-14)16-12(4-1)15(10)11;1-4(6)3-5(2)7;/h1-4,6-9H;3,6H,1-2H3;/q-1;;. The van der Waals surface area contributed by atoms with Crippen molar-refractivity contribution in [2.24, 2.45) is 0 Å². The zero-order chi connectivity index (χ0) is 17.1. The van der Waals surface area contributed by atoms with Gasteiger partial charge in [0.25, 0.3) is 0 Å². The van der Waals surface area contributed by atoms with Crippen molar-refractivity contribution in [2.75, 3.05) is 0 Å². The predicted octanol–water partition coefficient (Wildman–Crippen LogP) is 4.81. The Bertz CT molecular complexity index is 952. The molecular weight excluding hydrogens is 494 g/mol. The van der Waals surface area contributed by atoms with Crippen molar-refractivity contribution < 1.29 is 34.4 Å². The largest absolute Gasteiger partial charge is 0.545 e. The number of furan rings is 1. The number of hydrogen-bond acceptors (Lipinski definition) is 4. The molecule has 0 aliphatic heterocycles. The number of carbonyl (C=O) groups excluding carboxylic acids is 1. The Morgan fingerprint density at radius 1 is 1.24 bits per heavy atom. The average Bonchev–Trinajstić information content (AvgIpc) is 3.17. The van der Waals surface area contributed by atoms with E-state index in [0.29, 0.717) is 5.76 Å². The Morgan fingerprint density at radius 2 is 2.00 bits per heavy atom. The first-order chi connectivity index (χ1) is 11.5. The smallest absolute Gasteiger partial charge is 0.155 e. The summed E-state index contributed by atoms with van der Waals surface area (Å²) in [7, 11) is 0. The second kappa shape index (κ2) is 8.06. The van der Waals surface area contributed by atoms with Crippen LogP contribution in [0.2, 0.25) is 0 Å². The molecule has 2 heterocycles. The average molecular weight is 511 g/mol. The molecule has 129 valence electrons. The molecule has 0 saturated heterocycles. The van der Waals surface area contributed by atoms with Crippen LogP contribution in [0.15, 0.2) is 52.8 Å². The van der Waals surface area contributed by atoms with Gasteiger partial charge in [0.1, 0.15) is 0 Å². The first kappa shape index (κ1) is 18.8. The van der Waals surface area contributed by atoms with Crippen LogP contribution in [-0.4, -0.2) is 15.9 Å². The van der Waals surface area contributed by atoms with Gasteiger partial charge >= 0.3 is 0 Å². The molecule has 1 aliphatic carbocycles. The van der Waals surface area contributed by atoms with Gasteiger partial charge in [-0.25, -0.2) is 0 Å². The molecule has 1 radical (unpaired) electrons. The third kappa shape index (κ3) is 4.32. The summed E-state index contributed by atoms with van der Waals surface area (Å²) in [6.07, 6.45) is 7.02. The fraction of sp³-hybridized carbons (Fsp3) is 0.100. The number of aromatic nitrogens is 1. The molecule has 1 aromatic carbocycles. The quantitative estimate of drug-likeness (QED) is 0.239. The number of ketones is 1. The second-order valence-electron chi connectivity index (χ2n) is 5.46. The topological polar surface area (TPSA) is 63.3 Å². The number of allylic oxidation sites excluding steroid dienone is 2. The van der Waals surface area contributed by atoms with Gasteiger partial charge in [-0.2, -0.15) is 0 Å². The van der Waals surface area contributed by atoms with E-state index in [9.17, 15) is 4.79 Å². The number of rotatable bonds is 2. The molecular formula is C20H16IrNO3-. The zero-order valence-corrected chi connectivity index (χ0v) is 16.1. The summed E-state index contributed by atoms with van der Waals surface area (Å²) in [6, 6.07) is 13.0. The first-order valence-electron chi connectivity index (χ1n) is 7.50. The summed E-state index contributed by atoms with van der Waals surface area (Å²) in [6.45, 7) is 2.85. The Hall–Kier alpha value is -2.49. The molecule has 0 fully saturated rings. The summed E-state index contributed by atoms with van der Waals surface area (Å²) in [5.74, 6) is 0.626. The van der Waals surface area contributed by atoms with Crippen LogP contribution in [0.3, 0.4) is 0 Å². The monoisotopic (exact) mass is 511 g/mol. The Morgan fingerprint density at radius 3 is 2.60 bits per heavy atom. The van der Waals surface area contributed by atoms with Crippen molar-refractivity contribution in [1.82, 2.24) is 4.98 Å². The van der Waals surface area contributed by atoms with Gasteiger partial charge in [-0.1, -0.05) is 30.4 Å². The minimum absolute atomic E-state index is 0. The fourth-order valence-electron chi connectivity index (χ4n) is 2.59. The SMILES string of the molecule is CC(=O)C=C(C)O.[Ir].[c-]1ccoc1-c1cc2c3c(cccc3n1)C=C2. The zero-order valence-electron chi connectivity index (χ0n) is 13.7. The van der Waals surface area contributed by atoms with Crippen molar-refractivity contribution in [3.63, 3.8) is 0 Å². The molecule has 3 aromatic rings. The van der Waals surface area contributed by atoms with Crippen molar-refractivity contribution in [3.05, 3.63) is 65.6 Å². The minimum atomic E-state index is -0.125.